The van der Waals surface area contributed by atoms with Crippen LogP contribution in [-0.2, 0) is 9.53 Å². The second kappa shape index (κ2) is 7.10. The van der Waals surface area contributed by atoms with Gasteiger partial charge in [-0.3, -0.25) is 4.79 Å². The molecule has 4 heteroatoms. The summed E-state index contributed by atoms with van der Waals surface area (Å²) in [6.45, 7) is 13.6. The number of piperidine rings is 1. The lowest BCUT2D eigenvalue weighted by molar-refractivity contribution is -0.140. The molecule has 6 atom stereocenters. The summed E-state index contributed by atoms with van der Waals surface area (Å²) >= 11 is 0. The average Bonchev–Trinajstić information content (AvgIpc) is 2.70. The van der Waals surface area contributed by atoms with Gasteiger partial charge in [0, 0.05) is 19.1 Å². The molecule has 0 aromatic rings. The fraction of sp³-hybridized carbons (Fsp3) is 0.941. The second-order valence-corrected chi connectivity index (χ2v) is 7.04. The van der Waals surface area contributed by atoms with Crippen molar-refractivity contribution in [3.05, 3.63) is 0 Å². The quantitative estimate of drug-likeness (QED) is 0.865. The molecule has 1 N–H and O–H groups in total. The van der Waals surface area contributed by atoms with Crippen LogP contribution in [0, 0.1) is 17.8 Å². The summed E-state index contributed by atoms with van der Waals surface area (Å²) < 4.78 is 5.84. The van der Waals surface area contributed by atoms with Gasteiger partial charge >= 0.3 is 0 Å². The van der Waals surface area contributed by atoms with Gasteiger partial charge in [0.2, 0.25) is 5.91 Å². The van der Waals surface area contributed by atoms with Crippen LogP contribution in [0.2, 0.25) is 0 Å². The number of likely N-dealkylation sites (tertiary alicyclic amines) is 1. The van der Waals surface area contributed by atoms with Crippen molar-refractivity contribution in [3.63, 3.8) is 0 Å². The number of carbonyl (C=O) groups is 1. The van der Waals surface area contributed by atoms with Crippen molar-refractivity contribution in [1.82, 2.24) is 10.2 Å². The van der Waals surface area contributed by atoms with Crippen molar-refractivity contribution < 1.29 is 9.53 Å². The molecule has 6 unspecified atom stereocenters. The topological polar surface area (TPSA) is 41.6 Å². The third-order valence-corrected chi connectivity index (χ3v) is 5.40. The second-order valence-electron chi connectivity index (χ2n) is 7.04. The van der Waals surface area contributed by atoms with Crippen molar-refractivity contribution in [2.75, 3.05) is 19.6 Å². The van der Waals surface area contributed by atoms with Gasteiger partial charge in [0.1, 0.15) is 0 Å². The van der Waals surface area contributed by atoms with Crippen LogP contribution in [0.5, 0.6) is 0 Å². The number of rotatable bonds is 4. The van der Waals surface area contributed by atoms with Crippen molar-refractivity contribution in [1.29, 1.82) is 0 Å². The first-order chi connectivity index (χ1) is 9.95. The largest absolute Gasteiger partial charge is 0.374 e. The molecule has 4 nitrogen and oxygen atoms in total. The van der Waals surface area contributed by atoms with E-state index in [4.69, 9.17) is 4.74 Å². The zero-order valence-corrected chi connectivity index (χ0v) is 14.3. The highest BCUT2D eigenvalue weighted by atomic mass is 16.5. The molecular weight excluding hydrogens is 264 g/mol. The van der Waals surface area contributed by atoms with Gasteiger partial charge in [-0.15, -0.1) is 0 Å². The molecule has 2 heterocycles. The van der Waals surface area contributed by atoms with Gasteiger partial charge in [-0.1, -0.05) is 20.8 Å². The standard InChI is InChI=1S/C17H32N2O2/c1-6-8-18-15-7-9-19(10-11(15)2)17(20)16-12(3)13(4)21-14(16)5/h11-16,18H,6-10H2,1-5H3. The fourth-order valence-corrected chi connectivity index (χ4v) is 3.88. The van der Waals surface area contributed by atoms with E-state index in [2.05, 4.69) is 37.9 Å². The summed E-state index contributed by atoms with van der Waals surface area (Å²) in [5.41, 5.74) is 0. The predicted molar refractivity (Wildman–Crippen MR) is 85.1 cm³/mol. The Balaban J connectivity index is 1.93. The molecule has 0 aromatic carbocycles. The van der Waals surface area contributed by atoms with E-state index in [1.54, 1.807) is 0 Å². The van der Waals surface area contributed by atoms with E-state index in [1.807, 2.05) is 6.92 Å². The lowest BCUT2D eigenvalue weighted by Gasteiger charge is -2.39. The highest BCUT2D eigenvalue weighted by Crippen LogP contribution is 2.34. The molecular formula is C17H32N2O2. The molecule has 0 saturated carbocycles. The normalized spacial score (nSPS) is 40.5. The molecule has 21 heavy (non-hydrogen) atoms. The molecule has 122 valence electrons. The molecule has 0 aromatic heterocycles. The first-order valence-corrected chi connectivity index (χ1v) is 8.63. The van der Waals surface area contributed by atoms with E-state index in [9.17, 15) is 4.79 Å². The molecule has 2 rings (SSSR count). The summed E-state index contributed by atoms with van der Waals surface area (Å²) in [5.74, 6) is 1.19. The summed E-state index contributed by atoms with van der Waals surface area (Å²) in [6, 6.07) is 0.558. The molecule has 0 spiro atoms. The summed E-state index contributed by atoms with van der Waals surface area (Å²) in [4.78, 5) is 14.9. The van der Waals surface area contributed by atoms with Gasteiger partial charge in [0.25, 0.3) is 0 Å². The van der Waals surface area contributed by atoms with E-state index < -0.39 is 0 Å². The van der Waals surface area contributed by atoms with Crippen LogP contribution in [0.1, 0.15) is 47.5 Å². The average molecular weight is 296 g/mol. The Morgan fingerprint density at radius 3 is 2.48 bits per heavy atom. The molecule has 1 amide bonds. The number of hydrogen-bond donors (Lipinski definition) is 1. The van der Waals surface area contributed by atoms with E-state index in [1.165, 1.54) is 0 Å². The van der Waals surface area contributed by atoms with Crippen LogP contribution in [0.25, 0.3) is 0 Å². The van der Waals surface area contributed by atoms with Crippen LogP contribution in [0.3, 0.4) is 0 Å². The lowest BCUT2D eigenvalue weighted by Crippen LogP contribution is -2.52. The van der Waals surface area contributed by atoms with Crippen LogP contribution in [0.4, 0.5) is 0 Å². The van der Waals surface area contributed by atoms with Crippen LogP contribution in [0.15, 0.2) is 0 Å². The SMILES string of the molecule is CCCNC1CCN(C(=O)C2C(C)OC(C)C2C)CC1C. The highest BCUT2D eigenvalue weighted by Gasteiger charge is 2.44. The molecule has 0 aliphatic carbocycles. The molecule has 0 radical (unpaired) electrons. The number of nitrogens with one attached hydrogen (secondary N) is 1. The molecule has 2 aliphatic heterocycles. The third kappa shape index (κ3) is 3.59. The minimum Gasteiger partial charge on any atom is -0.374 e. The maximum absolute atomic E-state index is 12.9. The minimum absolute atomic E-state index is 0.0346. The van der Waals surface area contributed by atoms with Crippen LogP contribution in [-0.4, -0.2) is 48.7 Å². The Kier molecular flexibility index (Phi) is 5.67. The number of ether oxygens (including phenoxy) is 1. The first kappa shape index (κ1) is 16.8. The molecule has 2 saturated heterocycles. The summed E-state index contributed by atoms with van der Waals surface area (Å²) in [5, 5.41) is 3.61. The van der Waals surface area contributed by atoms with E-state index >= 15 is 0 Å². The Morgan fingerprint density at radius 1 is 1.24 bits per heavy atom. The van der Waals surface area contributed by atoms with Crippen LogP contribution >= 0.6 is 0 Å². The fourth-order valence-electron chi connectivity index (χ4n) is 3.88. The van der Waals surface area contributed by atoms with Gasteiger partial charge in [0.15, 0.2) is 0 Å². The van der Waals surface area contributed by atoms with Crippen LogP contribution < -0.4 is 5.32 Å². The van der Waals surface area contributed by atoms with Gasteiger partial charge in [-0.25, -0.2) is 0 Å². The molecule has 0 bridgehead atoms. The van der Waals surface area contributed by atoms with Crippen molar-refractivity contribution in [2.45, 2.75) is 65.7 Å². The van der Waals surface area contributed by atoms with Crippen molar-refractivity contribution >= 4 is 5.91 Å². The van der Waals surface area contributed by atoms with Crippen molar-refractivity contribution in [3.8, 4) is 0 Å². The van der Waals surface area contributed by atoms with Crippen molar-refractivity contribution in [2.24, 2.45) is 17.8 Å². The maximum atomic E-state index is 12.9. The Labute approximate surface area is 129 Å². The number of nitrogens with zero attached hydrogens (tertiary/aromatic N) is 1. The first-order valence-electron chi connectivity index (χ1n) is 8.63. The monoisotopic (exact) mass is 296 g/mol. The molecule has 2 aliphatic rings. The molecule has 2 fully saturated rings. The number of carbonyl (C=O) groups excluding carboxylic acids is 1. The summed E-state index contributed by atoms with van der Waals surface area (Å²) in [6.07, 6.45) is 2.47. The smallest absolute Gasteiger partial charge is 0.228 e. The van der Waals surface area contributed by atoms with Gasteiger partial charge in [-0.2, -0.15) is 0 Å². The zero-order chi connectivity index (χ0) is 15.6. The summed E-state index contributed by atoms with van der Waals surface area (Å²) in [7, 11) is 0. The zero-order valence-electron chi connectivity index (χ0n) is 14.3. The van der Waals surface area contributed by atoms with Gasteiger partial charge in [0.05, 0.1) is 18.1 Å². The minimum atomic E-state index is 0.0346. The third-order valence-electron chi connectivity index (χ3n) is 5.40. The number of hydrogen-bond acceptors (Lipinski definition) is 3. The van der Waals surface area contributed by atoms with E-state index in [0.29, 0.717) is 23.8 Å². The van der Waals surface area contributed by atoms with Gasteiger partial charge in [-0.05, 0) is 45.1 Å². The lowest BCUT2D eigenvalue weighted by atomic mass is 9.86. The van der Waals surface area contributed by atoms with E-state index in [-0.39, 0.29) is 18.1 Å². The Hall–Kier alpha value is -0.610. The predicted octanol–water partition coefficient (Wildman–Crippen LogP) is 2.28. The van der Waals surface area contributed by atoms with Gasteiger partial charge < -0.3 is 15.0 Å². The Morgan fingerprint density at radius 2 is 1.95 bits per heavy atom. The van der Waals surface area contributed by atoms with E-state index in [0.717, 1.165) is 32.5 Å². The Bertz CT molecular complexity index is 361. The highest BCUT2D eigenvalue weighted by molar-refractivity contribution is 5.80. The number of amides is 1. The maximum Gasteiger partial charge on any atom is 0.228 e.